The van der Waals surface area contributed by atoms with Gasteiger partial charge in [-0.05, 0) is 25.8 Å². The molecule has 2 rings (SSSR count). The van der Waals surface area contributed by atoms with Crippen LogP contribution in [0.3, 0.4) is 0 Å². The number of hydrogen-bond acceptors (Lipinski definition) is 7. The first-order valence-corrected chi connectivity index (χ1v) is 7.78. The van der Waals surface area contributed by atoms with Crippen LogP contribution in [-0.2, 0) is 4.79 Å². The first kappa shape index (κ1) is 17.5. The first-order valence-electron chi connectivity index (χ1n) is 7.78. The van der Waals surface area contributed by atoms with E-state index >= 15 is 0 Å². The Kier molecular flexibility index (Phi) is 5.56. The molecule has 1 aliphatic heterocycles. The smallest absolute Gasteiger partial charge is 0.241 e. The highest BCUT2D eigenvalue weighted by atomic mass is 16.5. The van der Waals surface area contributed by atoms with Crippen LogP contribution in [-0.4, -0.2) is 35.5 Å². The number of amides is 1. The molecule has 1 saturated heterocycles. The van der Waals surface area contributed by atoms with Crippen molar-refractivity contribution in [3.8, 4) is 18.0 Å². The molecule has 1 unspecified atom stereocenters. The van der Waals surface area contributed by atoms with Crippen molar-refractivity contribution >= 4 is 11.6 Å². The normalized spacial score (nSPS) is 16.8. The summed E-state index contributed by atoms with van der Waals surface area (Å²) in [6.45, 7) is 3.22. The fourth-order valence-electron chi connectivity index (χ4n) is 2.85. The molecule has 2 heterocycles. The topological polar surface area (TPSA) is 142 Å². The number of carbonyl (C=O) groups excluding carboxylic acids is 1. The molecule has 1 atom stereocenters. The minimum atomic E-state index is -0.765. The molecule has 8 heteroatoms. The van der Waals surface area contributed by atoms with Crippen molar-refractivity contribution in [2.24, 2.45) is 11.7 Å². The van der Waals surface area contributed by atoms with Crippen LogP contribution in [0.25, 0.3) is 0 Å². The number of nitriles is 2. The number of rotatable bonds is 5. The minimum absolute atomic E-state index is 0.00671. The molecule has 1 aliphatic rings. The molecule has 4 N–H and O–H groups in total. The van der Waals surface area contributed by atoms with E-state index in [0.717, 1.165) is 0 Å². The standard InChI is InChI=1S/C16H20N6O2/c1-2-24-16-11(9-18)12(19)7-13(21-16)14(15(20)23)22-5-3-10(8-17)4-6-22/h7,10,14H,2-6H2,1H3,(H2,19,21)(H2,20,23). The number of piperidine rings is 1. The van der Waals surface area contributed by atoms with Crippen molar-refractivity contribution in [3.63, 3.8) is 0 Å². The lowest BCUT2D eigenvalue weighted by atomic mass is 9.96. The van der Waals surface area contributed by atoms with Gasteiger partial charge in [-0.25, -0.2) is 4.98 Å². The van der Waals surface area contributed by atoms with Gasteiger partial charge in [0.25, 0.3) is 0 Å². The van der Waals surface area contributed by atoms with E-state index in [2.05, 4.69) is 11.1 Å². The number of nitrogen functional groups attached to an aromatic ring is 1. The molecule has 126 valence electrons. The van der Waals surface area contributed by atoms with Crippen molar-refractivity contribution in [1.82, 2.24) is 9.88 Å². The van der Waals surface area contributed by atoms with Crippen molar-refractivity contribution in [2.75, 3.05) is 25.4 Å². The average Bonchev–Trinajstić information content (AvgIpc) is 2.55. The maximum Gasteiger partial charge on any atom is 0.241 e. The molecule has 8 nitrogen and oxygen atoms in total. The molecule has 1 fully saturated rings. The third kappa shape index (κ3) is 3.55. The van der Waals surface area contributed by atoms with Gasteiger partial charge in [-0.15, -0.1) is 0 Å². The van der Waals surface area contributed by atoms with E-state index in [4.69, 9.17) is 21.5 Å². The molecule has 0 aromatic carbocycles. The summed E-state index contributed by atoms with van der Waals surface area (Å²) in [7, 11) is 0. The van der Waals surface area contributed by atoms with Gasteiger partial charge in [0, 0.05) is 19.0 Å². The summed E-state index contributed by atoms with van der Waals surface area (Å²) in [6.07, 6.45) is 1.34. The number of nitrogens with zero attached hydrogens (tertiary/aromatic N) is 4. The Morgan fingerprint density at radius 2 is 2.17 bits per heavy atom. The fourth-order valence-corrected chi connectivity index (χ4v) is 2.85. The summed E-state index contributed by atoms with van der Waals surface area (Å²) >= 11 is 0. The van der Waals surface area contributed by atoms with Gasteiger partial charge < -0.3 is 16.2 Å². The van der Waals surface area contributed by atoms with E-state index in [1.807, 2.05) is 11.0 Å². The Hall–Kier alpha value is -2.84. The maximum atomic E-state index is 12.0. The summed E-state index contributed by atoms with van der Waals surface area (Å²) < 4.78 is 5.37. The number of ether oxygens (including phenoxy) is 1. The number of anilines is 1. The summed E-state index contributed by atoms with van der Waals surface area (Å²) in [4.78, 5) is 18.2. The number of likely N-dealkylation sites (tertiary alicyclic amines) is 1. The van der Waals surface area contributed by atoms with Crippen LogP contribution in [0.15, 0.2) is 6.07 Å². The lowest BCUT2D eigenvalue weighted by Gasteiger charge is -2.34. The Bertz CT molecular complexity index is 698. The van der Waals surface area contributed by atoms with Gasteiger partial charge in [-0.1, -0.05) is 0 Å². The van der Waals surface area contributed by atoms with E-state index in [1.54, 1.807) is 6.92 Å². The van der Waals surface area contributed by atoms with Crippen LogP contribution in [0.2, 0.25) is 0 Å². The van der Waals surface area contributed by atoms with Crippen LogP contribution in [0.1, 0.15) is 37.1 Å². The Labute approximate surface area is 140 Å². The Morgan fingerprint density at radius 3 is 2.67 bits per heavy atom. The molecule has 0 radical (unpaired) electrons. The van der Waals surface area contributed by atoms with E-state index < -0.39 is 11.9 Å². The number of hydrogen-bond donors (Lipinski definition) is 2. The van der Waals surface area contributed by atoms with E-state index in [9.17, 15) is 10.1 Å². The third-order valence-electron chi connectivity index (χ3n) is 4.06. The highest BCUT2D eigenvalue weighted by Gasteiger charge is 2.32. The van der Waals surface area contributed by atoms with E-state index in [-0.39, 0.29) is 23.0 Å². The molecule has 1 aromatic heterocycles. The summed E-state index contributed by atoms with van der Waals surface area (Å²) in [5.41, 5.74) is 12.2. The third-order valence-corrected chi connectivity index (χ3v) is 4.06. The van der Waals surface area contributed by atoms with Gasteiger partial charge in [0.15, 0.2) is 0 Å². The summed E-state index contributed by atoms with van der Waals surface area (Å²) in [5.74, 6) is -0.453. The fraction of sp³-hybridized carbons (Fsp3) is 0.500. The van der Waals surface area contributed by atoms with Gasteiger partial charge in [0.2, 0.25) is 11.8 Å². The molecule has 0 aliphatic carbocycles. The van der Waals surface area contributed by atoms with Gasteiger partial charge in [0.05, 0.1) is 24.1 Å². The predicted octanol–water partition coefficient (Wildman–Crippen LogP) is 0.696. The molecular formula is C16H20N6O2. The zero-order valence-electron chi connectivity index (χ0n) is 13.5. The highest BCUT2D eigenvalue weighted by molar-refractivity contribution is 5.81. The van der Waals surface area contributed by atoms with Gasteiger partial charge >= 0.3 is 0 Å². The molecule has 0 spiro atoms. The van der Waals surface area contributed by atoms with Crippen molar-refractivity contribution < 1.29 is 9.53 Å². The quantitative estimate of drug-likeness (QED) is 0.809. The zero-order chi connectivity index (χ0) is 17.7. The average molecular weight is 328 g/mol. The highest BCUT2D eigenvalue weighted by Crippen LogP contribution is 2.30. The molecular weight excluding hydrogens is 308 g/mol. The number of nitrogens with two attached hydrogens (primary N) is 2. The second kappa shape index (κ2) is 7.62. The maximum absolute atomic E-state index is 12.0. The Balaban J connectivity index is 2.37. The van der Waals surface area contributed by atoms with Crippen molar-refractivity contribution in [1.29, 1.82) is 10.5 Å². The van der Waals surface area contributed by atoms with E-state index in [0.29, 0.717) is 38.2 Å². The summed E-state index contributed by atoms with van der Waals surface area (Å²) in [5, 5.41) is 18.2. The zero-order valence-corrected chi connectivity index (χ0v) is 13.5. The van der Waals surface area contributed by atoms with Crippen molar-refractivity contribution in [3.05, 3.63) is 17.3 Å². The van der Waals surface area contributed by atoms with Crippen LogP contribution >= 0.6 is 0 Å². The molecule has 1 amide bonds. The number of aromatic nitrogens is 1. The van der Waals surface area contributed by atoms with Crippen LogP contribution < -0.4 is 16.2 Å². The lowest BCUT2D eigenvalue weighted by Crippen LogP contribution is -2.42. The van der Waals surface area contributed by atoms with Crippen LogP contribution in [0.5, 0.6) is 5.88 Å². The second-order valence-electron chi connectivity index (χ2n) is 5.61. The van der Waals surface area contributed by atoms with Gasteiger partial charge in [-0.3, -0.25) is 9.69 Å². The minimum Gasteiger partial charge on any atom is -0.477 e. The Morgan fingerprint density at radius 1 is 1.50 bits per heavy atom. The van der Waals surface area contributed by atoms with E-state index in [1.165, 1.54) is 6.07 Å². The van der Waals surface area contributed by atoms with Gasteiger partial charge in [-0.2, -0.15) is 10.5 Å². The number of carbonyl (C=O) groups is 1. The second-order valence-corrected chi connectivity index (χ2v) is 5.61. The SMILES string of the molecule is CCOc1nc(C(C(N)=O)N2CCC(C#N)CC2)cc(N)c1C#N. The van der Waals surface area contributed by atoms with Crippen LogP contribution in [0, 0.1) is 28.6 Å². The molecule has 0 saturated carbocycles. The first-order chi connectivity index (χ1) is 11.5. The monoisotopic (exact) mass is 328 g/mol. The largest absolute Gasteiger partial charge is 0.477 e. The van der Waals surface area contributed by atoms with Gasteiger partial charge in [0.1, 0.15) is 17.7 Å². The number of pyridine rings is 1. The number of primary amides is 1. The van der Waals surface area contributed by atoms with Crippen molar-refractivity contribution in [2.45, 2.75) is 25.8 Å². The predicted molar refractivity (Wildman–Crippen MR) is 86.4 cm³/mol. The lowest BCUT2D eigenvalue weighted by molar-refractivity contribution is -0.124. The molecule has 0 bridgehead atoms. The van der Waals surface area contributed by atoms with Crippen LogP contribution in [0.4, 0.5) is 5.69 Å². The summed E-state index contributed by atoms with van der Waals surface area (Å²) in [6, 6.07) is 4.93. The molecule has 24 heavy (non-hydrogen) atoms. The molecule has 1 aromatic rings.